The number of hydrogen-bond donors (Lipinski definition) is 0. The third-order valence-corrected chi connectivity index (χ3v) is 6.44. The Bertz CT molecular complexity index is 675. The minimum Gasteiger partial charge on any atom is -0.496 e. The summed E-state index contributed by atoms with van der Waals surface area (Å²) in [6.45, 7) is 7.17. The second-order valence-electron chi connectivity index (χ2n) is 7.30. The molecule has 0 aromatic heterocycles. The number of carbonyl (C=O) groups is 2. The fourth-order valence-corrected chi connectivity index (χ4v) is 4.75. The molecule has 1 saturated carbocycles. The highest BCUT2D eigenvalue weighted by Crippen LogP contribution is 2.45. The van der Waals surface area contributed by atoms with Crippen molar-refractivity contribution >= 4 is 23.6 Å². The topological polar surface area (TPSA) is 49.9 Å². The molecule has 1 aliphatic heterocycles. The SMILES string of the molecule is COc1ccccc1[C@H]1S[C@@H](C)C(=O)N1CCN(C(=O)C1CC1)C(C)C. The lowest BCUT2D eigenvalue weighted by molar-refractivity contribution is -0.136. The first-order valence-corrected chi connectivity index (χ1v) is 10.3. The van der Waals surface area contributed by atoms with Crippen LogP contribution in [0.2, 0.25) is 0 Å². The highest BCUT2D eigenvalue weighted by molar-refractivity contribution is 8.01. The molecule has 1 aliphatic carbocycles. The van der Waals surface area contributed by atoms with Gasteiger partial charge in [-0.25, -0.2) is 0 Å². The number of hydrogen-bond acceptors (Lipinski definition) is 4. The molecule has 26 heavy (non-hydrogen) atoms. The number of nitrogens with zero attached hydrogens (tertiary/aromatic N) is 2. The lowest BCUT2D eigenvalue weighted by Gasteiger charge is -2.31. The maximum atomic E-state index is 12.7. The number of para-hydroxylation sites is 1. The Morgan fingerprint density at radius 3 is 2.65 bits per heavy atom. The van der Waals surface area contributed by atoms with E-state index < -0.39 is 0 Å². The van der Waals surface area contributed by atoms with Crippen molar-refractivity contribution in [3.63, 3.8) is 0 Å². The van der Waals surface area contributed by atoms with E-state index in [1.54, 1.807) is 18.9 Å². The second-order valence-corrected chi connectivity index (χ2v) is 8.73. The number of benzene rings is 1. The number of rotatable bonds is 7. The molecule has 0 radical (unpaired) electrons. The molecule has 2 atom stereocenters. The Balaban J connectivity index is 1.77. The summed E-state index contributed by atoms with van der Waals surface area (Å²) < 4.78 is 5.50. The summed E-state index contributed by atoms with van der Waals surface area (Å²) in [5.41, 5.74) is 1.02. The van der Waals surface area contributed by atoms with Crippen LogP contribution in [-0.4, -0.2) is 53.1 Å². The quantitative estimate of drug-likeness (QED) is 0.733. The van der Waals surface area contributed by atoms with Crippen molar-refractivity contribution in [1.82, 2.24) is 9.80 Å². The Morgan fingerprint density at radius 2 is 2.04 bits per heavy atom. The Morgan fingerprint density at radius 1 is 1.35 bits per heavy atom. The van der Waals surface area contributed by atoms with Gasteiger partial charge in [0.15, 0.2) is 0 Å². The minimum atomic E-state index is -0.0865. The molecule has 0 unspecified atom stereocenters. The van der Waals surface area contributed by atoms with Crippen LogP contribution in [0.5, 0.6) is 5.75 Å². The van der Waals surface area contributed by atoms with E-state index in [-0.39, 0.29) is 34.4 Å². The van der Waals surface area contributed by atoms with Gasteiger partial charge in [0, 0.05) is 30.6 Å². The third kappa shape index (κ3) is 3.85. The molecule has 1 aromatic rings. The molecule has 2 amide bonds. The van der Waals surface area contributed by atoms with Gasteiger partial charge in [-0.05, 0) is 39.7 Å². The van der Waals surface area contributed by atoms with Gasteiger partial charge in [0.05, 0.1) is 12.4 Å². The number of carbonyl (C=O) groups excluding carboxylic acids is 2. The average molecular weight is 377 g/mol. The van der Waals surface area contributed by atoms with E-state index >= 15 is 0 Å². The standard InChI is InChI=1S/C20H28N2O3S/c1-13(2)21(19(24)15-9-10-15)11-12-22-18(23)14(3)26-20(22)16-7-5-6-8-17(16)25-4/h5-8,13-15,20H,9-12H2,1-4H3/t14-,20+/m0/s1. The predicted octanol–water partition coefficient (Wildman–Crippen LogP) is 3.30. The molecule has 6 heteroatoms. The van der Waals surface area contributed by atoms with Crippen molar-refractivity contribution in [3.05, 3.63) is 29.8 Å². The molecular weight excluding hydrogens is 348 g/mol. The summed E-state index contributed by atoms with van der Waals surface area (Å²) in [5, 5.41) is -0.157. The summed E-state index contributed by atoms with van der Waals surface area (Å²) in [7, 11) is 1.66. The summed E-state index contributed by atoms with van der Waals surface area (Å²) in [4.78, 5) is 29.1. The zero-order valence-corrected chi connectivity index (χ0v) is 16.8. The van der Waals surface area contributed by atoms with Crippen LogP contribution in [0.25, 0.3) is 0 Å². The average Bonchev–Trinajstić information content (AvgIpc) is 3.43. The number of thioether (sulfide) groups is 1. The smallest absolute Gasteiger partial charge is 0.236 e. The highest BCUT2D eigenvalue weighted by atomic mass is 32.2. The molecule has 1 aromatic carbocycles. The molecule has 0 bridgehead atoms. The van der Waals surface area contributed by atoms with Crippen molar-refractivity contribution in [1.29, 1.82) is 0 Å². The summed E-state index contributed by atoms with van der Waals surface area (Å²) in [6.07, 6.45) is 2.00. The van der Waals surface area contributed by atoms with Crippen molar-refractivity contribution in [2.24, 2.45) is 5.92 Å². The fourth-order valence-electron chi connectivity index (χ4n) is 3.42. The van der Waals surface area contributed by atoms with Crippen LogP contribution in [-0.2, 0) is 9.59 Å². The van der Waals surface area contributed by atoms with Crippen LogP contribution in [0.15, 0.2) is 24.3 Å². The molecule has 2 fully saturated rings. The lowest BCUT2D eigenvalue weighted by atomic mass is 10.1. The molecule has 1 saturated heterocycles. The number of methoxy groups -OCH3 is 1. The Hall–Kier alpha value is -1.69. The van der Waals surface area contributed by atoms with E-state index in [0.717, 1.165) is 24.2 Å². The van der Waals surface area contributed by atoms with E-state index in [4.69, 9.17) is 4.74 Å². The van der Waals surface area contributed by atoms with Crippen molar-refractivity contribution < 1.29 is 14.3 Å². The zero-order chi connectivity index (χ0) is 18.8. The van der Waals surface area contributed by atoms with Crippen molar-refractivity contribution in [3.8, 4) is 5.75 Å². The van der Waals surface area contributed by atoms with Crippen LogP contribution >= 0.6 is 11.8 Å². The summed E-state index contributed by atoms with van der Waals surface area (Å²) >= 11 is 1.64. The van der Waals surface area contributed by atoms with Gasteiger partial charge in [-0.1, -0.05) is 18.2 Å². The highest BCUT2D eigenvalue weighted by Gasteiger charge is 2.40. The third-order valence-electron chi connectivity index (χ3n) is 5.07. The molecule has 0 spiro atoms. The van der Waals surface area contributed by atoms with Gasteiger partial charge in [-0.15, -0.1) is 11.8 Å². The zero-order valence-electron chi connectivity index (χ0n) is 16.0. The summed E-state index contributed by atoms with van der Waals surface area (Å²) in [5.74, 6) is 1.37. The first kappa shape index (κ1) is 19.1. The number of amides is 2. The van der Waals surface area contributed by atoms with Crippen molar-refractivity contribution in [2.75, 3.05) is 20.2 Å². The van der Waals surface area contributed by atoms with E-state index in [1.165, 1.54) is 0 Å². The van der Waals surface area contributed by atoms with Crippen LogP contribution in [0, 0.1) is 5.92 Å². The largest absolute Gasteiger partial charge is 0.496 e. The second kappa shape index (κ2) is 7.91. The molecule has 142 valence electrons. The summed E-state index contributed by atoms with van der Waals surface area (Å²) in [6, 6.07) is 8.01. The van der Waals surface area contributed by atoms with E-state index in [1.807, 2.05) is 54.8 Å². The monoisotopic (exact) mass is 376 g/mol. The van der Waals surface area contributed by atoms with Gasteiger partial charge in [0.2, 0.25) is 11.8 Å². The van der Waals surface area contributed by atoms with E-state index in [9.17, 15) is 9.59 Å². The molecule has 5 nitrogen and oxygen atoms in total. The first-order chi connectivity index (χ1) is 12.4. The van der Waals surface area contributed by atoms with Gasteiger partial charge >= 0.3 is 0 Å². The molecule has 1 heterocycles. The molecule has 2 aliphatic rings. The van der Waals surface area contributed by atoms with Gasteiger partial charge in [0.25, 0.3) is 0 Å². The molecule has 3 rings (SSSR count). The maximum absolute atomic E-state index is 12.7. The van der Waals surface area contributed by atoms with Gasteiger partial charge in [0.1, 0.15) is 11.1 Å². The Labute approximate surface area is 160 Å². The van der Waals surface area contributed by atoms with Crippen LogP contribution in [0.4, 0.5) is 0 Å². The van der Waals surface area contributed by atoms with E-state index in [0.29, 0.717) is 13.1 Å². The Kier molecular flexibility index (Phi) is 5.80. The maximum Gasteiger partial charge on any atom is 0.236 e. The lowest BCUT2D eigenvalue weighted by Crippen LogP contribution is -2.44. The number of ether oxygens (including phenoxy) is 1. The van der Waals surface area contributed by atoms with Gasteiger partial charge < -0.3 is 14.5 Å². The minimum absolute atomic E-state index is 0.0707. The van der Waals surface area contributed by atoms with Gasteiger partial charge in [-0.2, -0.15) is 0 Å². The van der Waals surface area contributed by atoms with Crippen LogP contribution < -0.4 is 4.74 Å². The van der Waals surface area contributed by atoms with E-state index in [2.05, 4.69) is 0 Å². The van der Waals surface area contributed by atoms with Crippen LogP contribution in [0.3, 0.4) is 0 Å². The van der Waals surface area contributed by atoms with Crippen molar-refractivity contribution in [2.45, 2.75) is 50.3 Å². The predicted molar refractivity (Wildman–Crippen MR) is 104 cm³/mol. The normalized spacial score (nSPS) is 22.8. The van der Waals surface area contributed by atoms with Crippen LogP contribution in [0.1, 0.15) is 44.6 Å². The van der Waals surface area contributed by atoms with Gasteiger partial charge in [-0.3, -0.25) is 9.59 Å². The first-order valence-electron chi connectivity index (χ1n) is 9.33. The molecule has 0 N–H and O–H groups in total. The molecular formula is C20H28N2O3S. The fraction of sp³-hybridized carbons (Fsp3) is 0.600.